The summed E-state index contributed by atoms with van der Waals surface area (Å²) in [4.78, 5) is 28.2. The molecule has 0 aliphatic carbocycles. The molecule has 0 aliphatic rings. The van der Waals surface area contributed by atoms with Crippen LogP contribution in [0.3, 0.4) is 0 Å². The molecule has 0 unspecified atom stereocenters. The summed E-state index contributed by atoms with van der Waals surface area (Å²) in [7, 11) is 1.59. The molecule has 0 saturated carbocycles. The molecule has 0 spiro atoms. The van der Waals surface area contributed by atoms with Crippen molar-refractivity contribution in [3.05, 3.63) is 66.4 Å². The monoisotopic (exact) mass is 335 g/mol. The van der Waals surface area contributed by atoms with E-state index in [0.717, 1.165) is 22.2 Å². The molecule has 0 fully saturated rings. The minimum absolute atomic E-state index is 0.256. The van der Waals surface area contributed by atoms with Crippen molar-refractivity contribution in [2.75, 3.05) is 12.4 Å². The predicted molar refractivity (Wildman–Crippen MR) is 95.2 cm³/mol. The smallest absolute Gasteiger partial charge is 0.313 e. The fourth-order valence-corrected chi connectivity index (χ4v) is 2.33. The average Bonchev–Trinajstić information content (AvgIpc) is 2.66. The van der Waals surface area contributed by atoms with Gasteiger partial charge in [0.15, 0.2) is 0 Å². The van der Waals surface area contributed by atoms with Crippen molar-refractivity contribution in [1.29, 1.82) is 0 Å². The summed E-state index contributed by atoms with van der Waals surface area (Å²) >= 11 is 0. The molecule has 0 aliphatic heterocycles. The molecule has 6 nitrogen and oxygen atoms in total. The first-order valence-corrected chi connectivity index (χ1v) is 7.72. The van der Waals surface area contributed by atoms with Crippen LogP contribution in [0.25, 0.3) is 10.9 Å². The fraction of sp³-hybridized carbons (Fsp3) is 0.105. The second-order valence-electron chi connectivity index (χ2n) is 5.40. The van der Waals surface area contributed by atoms with Gasteiger partial charge >= 0.3 is 11.8 Å². The Morgan fingerprint density at radius 3 is 2.56 bits per heavy atom. The van der Waals surface area contributed by atoms with E-state index in [4.69, 9.17) is 4.74 Å². The van der Waals surface area contributed by atoms with E-state index >= 15 is 0 Å². The van der Waals surface area contributed by atoms with Crippen LogP contribution in [0.4, 0.5) is 5.69 Å². The van der Waals surface area contributed by atoms with Gasteiger partial charge in [-0.15, -0.1) is 0 Å². The van der Waals surface area contributed by atoms with E-state index in [1.165, 1.54) is 6.20 Å². The molecule has 126 valence electrons. The van der Waals surface area contributed by atoms with E-state index in [9.17, 15) is 9.59 Å². The predicted octanol–water partition coefficient (Wildman–Crippen LogP) is 2.50. The zero-order valence-electron chi connectivity index (χ0n) is 13.7. The number of fused-ring (bicyclic) bond motifs is 1. The molecular formula is C19H17N3O3. The van der Waals surface area contributed by atoms with E-state index in [2.05, 4.69) is 15.6 Å². The Labute approximate surface area is 144 Å². The maximum absolute atomic E-state index is 12.0. The maximum Gasteiger partial charge on any atom is 0.313 e. The summed E-state index contributed by atoms with van der Waals surface area (Å²) in [5, 5.41) is 6.02. The number of methoxy groups -OCH3 is 1. The van der Waals surface area contributed by atoms with Crippen molar-refractivity contribution < 1.29 is 14.3 Å². The van der Waals surface area contributed by atoms with Crippen molar-refractivity contribution in [3.8, 4) is 5.75 Å². The zero-order chi connectivity index (χ0) is 17.6. The lowest BCUT2D eigenvalue weighted by Gasteiger charge is -2.08. The van der Waals surface area contributed by atoms with Crippen molar-refractivity contribution in [1.82, 2.24) is 10.3 Å². The molecule has 2 N–H and O–H groups in total. The van der Waals surface area contributed by atoms with E-state index < -0.39 is 11.8 Å². The van der Waals surface area contributed by atoms with E-state index in [1.54, 1.807) is 25.3 Å². The normalized spacial score (nSPS) is 10.3. The molecule has 3 aromatic rings. The molecule has 0 saturated heterocycles. The van der Waals surface area contributed by atoms with Crippen LogP contribution in [-0.2, 0) is 16.1 Å². The molecule has 3 rings (SSSR count). The van der Waals surface area contributed by atoms with Gasteiger partial charge in [0, 0.05) is 11.9 Å². The van der Waals surface area contributed by atoms with Crippen LogP contribution in [0.15, 0.2) is 60.8 Å². The highest BCUT2D eigenvalue weighted by Crippen LogP contribution is 2.16. The SMILES string of the molecule is COc1ccc(CNC(=O)C(=O)Nc2cnc3ccccc3c2)cc1. The molecule has 0 bridgehead atoms. The topological polar surface area (TPSA) is 80.3 Å². The second kappa shape index (κ2) is 7.44. The Kier molecular flexibility index (Phi) is 4.89. The largest absolute Gasteiger partial charge is 0.497 e. The lowest BCUT2D eigenvalue weighted by Crippen LogP contribution is -2.34. The van der Waals surface area contributed by atoms with Gasteiger partial charge < -0.3 is 15.4 Å². The molecular weight excluding hydrogens is 318 g/mol. The van der Waals surface area contributed by atoms with Gasteiger partial charge in [-0.3, -0.25) is 14.6 Å². The number of rotatable bonds is 4. The number of para-hydroxylation sites is 1. The molecule has 0 atom stereocenters. The van der Waals surface area contributed by atoms with Crippen molar-refractivity contribution in [2.24, 2.45) is 0 Å². The molecule has 1 heterocycles. The third-order valence-corrected chi connectivity index (χ3v) is 3.67. The lowest BCUT2D eigenvalue weighted by atomic mass is 10.2. The summed E-state index contributed by atoms with van der Waals surface area (Å²) in [6, 6.07) is 16.6. The fourth-order valence-electron chi connectivity index (χ4n) is 2.33. The van der Waals surface area contributed by atoms with Crippen LogP contribution in [0.2, 0.25) is 0 Å². The third kappa shape index (κ3) is 4.11. The van der Waals surface area contributed by atoms with Crippen LogP contribution < -0.4 is 15.4 Å². The molecule has 1 aromatic heterocycles. The van der Waals surface area contributed by atoms with Gasteiger partial charge in [0.05, 0.1) is 24.5 Å². The Morgan fingerprint density at radius 1 is 1.04 bits per heavy atom. The highest BCUT2D eigenvalue weighted by atomic mass is 16.5. The van der Waals surface area contributed by atoms with E-state index in [0.29, 0.717) is 5.69 Å². The molecule has 25 heavy (non-hydrogen) atoms. The first kappa shape index (κ1) is 16.4. The number of hydrogen-bond acceptors (Lipinski definition) is 4. The lowest BCUT2D eigenvalue weighted by molar-refractivity contribution is -0.136. The van der Waals surface area contributed by atoms with Gasteiger partial charge in [-0.1, -0.05) is 30.3 Å². The summed E-state index contributed by atoms with van der Waals surface area (Å²) in [5.41, 5.74) is 2.17. The maximum atomic E-state index is 12.0. The Hall–Kier alpha value is -3.41. The van der Waals surface area contributed by atoms with Crippen molar-refractivity contribution >= 4 is 28.4 Å². The minimum atomic E-state index is -0.731. The van der Waals surface area contributed by atoms with Gasteiger partial charge in [0.1, 0.15) is 5.75 Å². The first-order chi connectivity index (χ1) is 12.2. The first-order valence-electron chi connectivity index (χ1n) is 7.72. The number of hydrogen-bond donors (Lipinski definition) is 2. The van der Waals surface area contributed by atoms with Gasteiger partial charge in [0.25, 0.3) is 0 Å². The Bertz CT molecular complexity index is 907. The van der Waals surface area contributed by atoms with Gasteiger partial charge in [0.2, 0.25) is 0 Å². The number of nitrogens with one attached hydrogen (secondary N) is 2. The van der Waals surface area contributed by atoms with Crippen LogP contribution in [-0.4, -0.2) is 23.9 Å². The number of aromatic nitrogens is 1. The minimum Gasteiger partial charge on any atom is -0.497 e. The number of pyridine rings is 1. The average molecular weight is 335 g/mol. The summed E-state index contributed by atoms with van der Waals surface area (Å²) in [6.07, 6.45) is 1.52. The van der Waals surface area contributed by atoms with Crippen molar-refractivity contribution in [3.63, 3.8) is 0 Å². The standard InChI is InChI=1S/C19H17N3O3/c1-25-16-8-6-13(7-9-16)11-21-18(23)19(24)22-15-10-14-4-2-3-5-17(14)20-12-15/h2-10,12H,11H2,1H3,(H,21,23)(H,22,24). The molecule has 2 aromatic carbocycles. The van der Waals surface area contributed by atoms with E-state index in [-0.39, 0.29) is 6.54 Å². The number of anilines is 1. The van der Waals surface area contributed by atoms with Crippen LogP contribution in [0.1, 0.15) is 5.56 Å². The Balaban J connectivity index is 1.58. The second-order valence-corrected chi connectivity index (χ2v) is 5.40. The number of carbonyl (C=O) groups is 2. The number of benzene rings is 2. The third-order valence-electron chi connectivity index (χ3n) is 3.67. The van der Waals surface area contributed by atoms with Crippen molar-refractivity contribution in [2.45, 2.75) is 6.54 Å². The summed E-state index contributed by atoms with van der Waals surface area (Å²) in [5.74, 6) is -0.703. The van der Waals surface area contributed by atoms with Gasteiger partial charge in [-0.2, -0.15) is 0 Å². The highest BCUT2D eigenvalue weighted by Gasteiger charge is 2.13. The van der Waals surface area contributed by atoms with Crippen LogP contribution >= 0.6 is 0 Å². The number of ether oxygens (including phenoxy) is 1. The molecule has 0 radical (unpaired) electrons. The molecule has 6 heteroatoms. The van der Waals surface area contributed by atoms with Gasteiger partial charge in [-0.25, -0.2) is 0 Å². The zero-order valence-corrected chi connectivity index (χ0v) is 13.7. The van der Waals surface area contributed by atoms with Crippen LogP contribution in [0, 0.1) is 0 Å². The quantitative estimate of drug-likeness (QED) is 0.718. The number of nitrogens with zero attached hydrogens (tertiary/aromatic N) is 1. The van der Waals surface area contributed by atoms with Gasteiger partial charge in [-0.05, 0) is 29.8 Å². The number of amides is 2. The van der Waals surface area contributed by atoms with Crippen LogP contribution in [0.5, 0.6) is 5.75 Å². The Morgan fingerprint density at radius 2 is 1.80 bits per heavy atom. The summed E-state index contributed by atoms with van der Waals surface area (Å²) in [6.45, 7) is 0.256. The molecule has 2 amide bonds. The number of carbonyl (C=O) groups excluding carboxylic acids is 2. The highest BCUT2D eigenvalue weighted by molar-refractivity contribution is 6.39. The summed E-state index contributed by atoms with van der Waals surface area (Å²) < 4.78 is 5.07. The van der Waals surface area contributed by atoms with E-state index in [1.807, 2.05) is 36.4 Å².